The maximum atomic E-state index is 13.5. The van der Waals surface area contributed by atoms with E-state index in [-0.39, 0.29) is 5.82 Å². The second-order valence-corrected chi connectivity index (χ2v) is 3.72. The zero-order valence-corrected chi connectivity index (χ0v) is 8.92. The van der Waals surface area contributed by atoms with Crippen molar-refractivity contribution in [3.63, 3.8) is 0 Å². The van der Waals surface area contributed by atoms with E-state index in [2.05, 4.69) is 4.98 Å². The van der Waals surface area contributed by atoms with Crippen molar-refractivity contribution in [3.8, 4) is 11.3 Å². The molecule has 0 atom stereocenters. The van der Waals surface area contributed by atoms with Crippen LogP contribution in [0, 0.1) is 12.7 Å². The Bertz CT molecular complexity index is 497. The van der Waals surface area contributed by atoms with Gasteiger partial charge in [-0.2, -0.15) is 0 Å². The van der Waals surface area contributed by atoms with E-state index < -0.39 is 0 Å². The Morgan fingerprint density at radius 2 is 2.00 bits per heavy atom. The van der Waals surface area contributed by atoms with Crippen molar-refractivity contribution in [1.29, 1.82) is 0 Å². The molecule has 2 aromatic rings. The van der Waals surface area contributed by atoms with Crippen LogP contribution in [0.25, 0.3) is 11.3 Å². The predicted molar refractivity (Wildman–Crippen MR) is 59.4 cm³/mol. The fourth-order valence-electron chi connectivity index (χ4n) is 1.39. The third-order valence-electron chi connectivity index (χ3n) is 2.11. The molecule has 2 rings (SSSR count). The van der Waals surface area contributed by atoms with Crippen molar-refractivity contribution >= 4 is 11.6 Å². The Morgan fingerprint density at radius 3 is 2.73 bits per heavy atom. The van der Waals surface area contributed by atoms with Crippen LogP contribution in [0.5, 0.6) is 0 Å². The smallest absolute Gasteiger partial charge is 0.132 e. The molecule has 0 aliphatic rings. The van der Waals surface area contributed by atoms with Crippen LogP contribution in [0.2, 0.25) is 5.15 Å². The minimum Gasteiger partial charge on any atom is -0.236 e. The van der Waals surface area contributed by atoms with Crippen LogP contribution >= 0.6 is 11.6 Å². The zero-order valence-electron chi connectivity index (χ0n) is 8.17. The van der Waals surface area contributed by atoms with Gasteiger partial charge in [-0.1, -0.05) is 29.3 Å². The van der Waals surface area contributed by atoms with E-state index in [0.29, 0.717) is 16.4 Å². The van der Waals surface area contributed by atoms with Gasteiger partial charge in [0, 0.05) is 5.56 Å². The molecule has 76 valence electrons. The summed E-state index contributed by atoms with van der Waals surface area (Å²) in [6.07, 6.45) is 0. The van der Waals surface area contributed by atoms with Gasteiger partial charge < -0.3 is 0 Å². The van der Waals surface area contributed by atoms with Crippen molar-refractivity contribution in [2.45, 2.75) is 6.92 Å². The summed E-state index contributed by atoms with van der Waals surface area (Å²) in [4.78, 5) is 4.07. The van der Waals surface area contributed by atoms with Gasteiger partial charge in [0.1, 0.15) is 11.0 Å². The van der Waals surface area contributed by atoms with Gasteiger partial charge in [-0.15, -0.1) is 0 Å². The Hall–Kier alpha value is -1.41. The van der Waals surface area contributed by atoms with Crippen LogP contribution in [0.4, 0.5) is 4.39 Å². The van der Waals surface area contributed by atoms with Gasteiger partial charge in [0.25, 0.3) is 0 Å². The molecule has 1 aromatic carbocycles. The van der Waals surface area contributed by atoms with Crippen LogP contribution < -0.4 is 0 Å². The van der Waals surface area contributed by atoms with Crippen LogP contribution in [0.1, 0.15) is 5.56 Å². The van der Waals surface area contributed by atoms with Gasteiger partial charge in [-0.3, -0.25) is 0 Å². The molecular formula is C12H9ClFN. The summed E-state index contributed by atoms with van der Waals surface area (Å²) in [5.41, 5.74) is 2.04. The molecule has 1 nitrogen and oxygen atoms in total. The molecule has 0 N–H and O–H groups in total. The van der Waals surface area contributed by atoms with E-state index in [1.165, 1.54) is 6.07 Å². The number of benzene rings is 1. The Kier molecular flexibility index (Phi) is 2.69. The first-order valence-corrected chi connectivity index (χ1v) is 4.94. The average Bonchev–Trinajstić information content (AvgIpc) is 2.22. The number of nitrogens with zero attached hydrogens (tertiary/aromatic N) is 1. The summed E-state index contributed by atoms with van der Waals surface area (Å²) >= 11 is 5.75. The molecule has 15 heavy (non-hydrogen) atoms. The molecule has 3 heteroatoms. The third-order valence-corrected chi connectivity index (χ3v) is 2.32. The molecule has 0 aliphatic carbocycles. The highest BCUT2D eigenvalue weighted by atomic mass is 35.5. The summed E-state index contributed by atoms with van der Waals surface area (Å²) < 4.78 is 13.5. The van der Waals surface area contributed by atoms with E-state index in [1.807, 2.05) is 6.92 Å². The molecule has 0 fully saturated rings. The molecule has 0 radical (unpaired) electrons. The lowest BCUT2D eigenvalue weighted by molar-refractivity contribution is 0.630. The maximum Gasteiger partial charge on any atom is 0.132 e. The van der Waals surface area contributed by atoms with Crippen molar-refractivity contribution in [1.82, 2.24) is 4.98 Å². The maximum absolute atomic E-state index is 13.5. The fraction of sp³-hybridized carbons (Fsp3) is 0.0833. The van der Waals surface area contributed by atoms with E-state index in [9.17, 15) is 4.39 Å². The number of rotatable bonds is 1. The predicted octanol–water partition coefficient (Wildman–Crippen LogP) is 3.85. The Morgan fingerprint density at radius 1 is 1.20 bits per heavy atom. The lowest BCUT2D eigenvalue weighted by Gasteiger charge is -2.04. The normalized spacial score (nSPS) is 10.3. The number of hydrogen-bond donors (Lipinski definition) is 0. The topological polar surface area (TPSA) is 12.9 Å². The summed E-state index contributed by atoms with van der Waals surface area (Å²) in [6.45, 7) is 1.91. The van der Waals surface area contributed by atoms with E-state index in [1.54, 1.807) is 30.3 Å². The van der Waals surface area contributed by atoms with Crippen LogP contribution in [-0.2, 0) is 0 Å². The number of aryl methyl sites for hydroxylation is 1. The monoisotopic (exact) mass is 221 g/mol. The van der Waals surface area contributed by atoms with E-state index in [0.717, 1.165) is 5.56 Å². The molecule has 0 aliphatic heterocycles. The molecule has 0 unspecified atom stereocenters. The first kappa shape index (κ1) is 10.1. The summed E-state index contributed by atoms with van der Waals surface area (Å²) in [7, 11) is 0. The molecule has 1 aromatic heterocycles. The molecule has 0 amide bonds. The summed E-state index contributed by atoms with van der Waals surface area (Å²) in [5.74, 6) is -0.282. The highest BCUT2D eigenvalue weighted by Gasteiger charge is 2.06. The van der Waals surface area contributed by atoms with Crippen molar-refractivity contribution in [2.24, 2.45) is 0 Å². The number of pyridine rings is 1. The van der Waals surface area contributed by atoms with Gasteiger partial charge >= 0.3 is 0 Å². The van der Waals surface area contributed by atoms with Crippen LogP contribution in [0.15, 0.2) is 36.4 Å². The van der Waals surface area contributed by atoms with Gasteiger partial charge in [-0.05, 0) is 31.2 Å². The number of hydrogen-bond acceptors (Lipinski definition) is 1. The quantitative estimate of drug-likeness (QED) is 0.667. The highest BCUT2D eigenvalue weighted by Crippen LogP contribution is 2.23. The van der Waals surface area contributed by atoms with Gasteiger partial charge in [0.15, 0.2) is 0 Å². The second-order valence-electron chi connectivity index (χ2n) is 3.33. The van der Waals surface area contributed by atoms with E-state index >= 15 is 0 Å². The number of aromatic nitrogens is 1. The van der Waals surface area contributed by atoms with Crippen molar-refractivity contribution in [2.75, 3.05) is 0 Å². The lowest BCUT2D eigenvalue weighted by Crippen LogP contribution is -1.88. The molecule has 0 bridgehead atoms. The second kappa shape index (κ2) is 3.99. The zero-order chi connectivity index (χ0) is 10.8. The first-order chi connectivity index (χ1) is 7.16. The highest BCUT2D eigenvalue weighted by molar-refractivity contribution is 6.29. The van der Waals surface area contributed by atoms with Gasteiger partial charge in [0.05, 0.1) is 5.69 Å². The van der Waals surface area contributed by atoms with Crippen LogP contribution in [0.3, 0.4) is 0 Å². The first-order valence-electron chi connectivity index (χ1n) is 4.56. The van der Waals surface area contributed by atoms with Gasteiger partial charge in [-0.25, -0.2) is 9.37 Å². The largest absolute Gasteiger partial charge is 0.236 e. The molecule has 0 saturated heterocycles. The van der Waals surface area contributed by atoms with Gasteiger partial charge in [0.2, 0.25) is 0 Å². The van der Waals surface area contributed by atoms with Crippen molar-refractivity contribution in [3.05, 3.63) is 52.9 Å². The Balaban J connectivity index is 2.58. The standard InChI is InChI=1S/C12H9ClFN/c1-8-5-6-10(14)9(7-8)11-3-2-4-12(13)15-11/h2-7H,1H3. The third kappa shape index (κ3) is 2.16. The molecule has 0 saturated carbocycles. The molecule has 1 heterocycles. The van der Waals surface area contributed by atoms with E-state index in [4.69, 9.17) is 11.6 Å². The van der Waals surface area contributed by atoms with Crippen LogP contribution in [-0.4, -0.2) is 4.98 Å². The summed E-state index contributed by atoms with van der Waals surface area (Å²) in [6, 6.07) is 10.1. The number of halogens is 2. The summed E-state index contributed by atoms with van der Waals surface area (Å²) in [5, 5.41) is 0.369. The molecule has 0 spiro atoms. The average molecular weight is 222 g/mol. The molecular weight excluding hydrogens is 213 g/mol. The minimum atomic E-state index is -0.282. The Labute approximate surface area is 92.5 Å². The lowest BCUT2D eigenvalue weighted by atomic mass is 10.1. The van der Waals surface area contributed by atoms with Crippen molar-refractivity contribution < 1.29 is 4.39 Å². The SMILES string of the molecule is Cc1ccc(F)c(-c2cccc(Cl)n2)c1. The fourth-order valence-corrected chi connectivity index (χ4v) is 1.56. The minimum absolute atomic E-state index is 0.282.